The number of hydrogen-bond acceptors (Lipinski definition) is 5. The molecule has 3 heterocycles. The zero-order valence-corrected chi connectivity index (χ0v) is 18.4. The number of rotatable bonds is 4. The molecule has 0 bridgehead atoms. The van der Waals surface area contributed by atoms with E-state index in [1.54, 1.807) is 17.4 Å². The maximum atomic E-state index is 12.4. The van der Waals surface area contributed by atoms with Crippen LogP contribution < -0.4 is 16.0 Å². The number of aryl methyl sites for hydroxylation is 2. The van der Waals surface area contributed by atoms with Crippen LogP contribution in [0.15, 0.2) is 17.5 Å². The van der Waals surface area contributed by atoms with E-state index in [0.717, 1.165) is 16.0 Å². The SMILES string of the molecule is Cc1cc(C)c(NC(=O)NCc2scc3c2CN(C2CCC(=O)NC2=O)C3)cc1Cl. The van der Waals surface area contributed by atoms with E-state index >= 15 is 0 Å². The highest BCUT2D eigenvalue weighted by Crippen LogP contribution is 2.33. The van der Waals surface area contributed by atoms with Gasteiger partial charge >= 0.3 is 6.03 Å². The molecule has 158 valence electrons. The molecule has 0 spiro atoms. The number of nitrogens with one attached hydrogen (secondary N) is 3. The predicted molar refractivity (Wildman–Crippen MR) is 117 cm³/mol. The van der Waals surface area contributed by atoms with Crippen LogP contribution in [0.5, 0.6) is 0 Å². The molecule has 0 saturated carbocycles. The Hall–Kier alpha value is -2.42. The first kappa shape index (κ1) is 20.8. The second kappa shape index (κ2) is 8.37. The molecule has 7 nitrogen and oxygen atoms in total. The van der Waals surface area contributed by atoms with Crippen molar-refractivity contribution in [3.63, 3.8) is 0 Å². The third-order valence-corrected chi connectivity index (χ3v) is 7.10. The summed E-state index contributed by atoms with van der Waals surface area (Å²) in [6.45, 7) is 5.60. The number of nitrogens with zero attached hydrogens (tertiary/aromatic N) is 1. The van der Waals surface area contributed by atoms with Crippen LogP contribution in [0.2, 0.25) is 5.02 Å². The normalized spacial score (nSPS) is 18.8. The Morgan fingerprint density at radius 1 is 1.27 bits per heavy atom. The maximum absolute atomic E-state index is 12.4. The molecule has 1 atom stereocenters. The number of carbonyl (C=O) groups is 3. The fourth-order valence-corrected chi connectivity index (χ4v) is 5.11. The summed E-state index contributed by atoms with van der Waals surface area (Å²) < 4.78 is 0. The quantitative estimate of drug-likeness (QED) is 0.627. The van der Waals surface area contributed by atoms with Crippen LogP contribution >= 0.6 is 22.9 Å². The highest BCUT2D eigenvalue weighted by atomic mass is 35.5. The molecule has 3 N–H and O–H groups in total. The van der Waals surface area contributed by atoms with Gasteiger partial charge in [0.1, 0.15) is 0 Å². The number of thiophene rings is 1. The van der Waals surface area contributed by atoms with Gasteiger partial charge in [0, 0.05) is 35.1 Å². The first-order chi connectivity index (χ1) is 14.3. The Bertz CT molecular complexity index is 1040. The first-order valence-electron chi connectivity index (χ1n) is 9.79. The summed E-state index contributed by atoms with van der Waals surface area (Å²) in [5.74, 6) is -0.420. The second-order valence-corrected chi connectivity index (χ2v) is 9.13. The number of fused-ring (bicyclic) bond motifs is 1. The van der Waals surface area contributed by atoms with Crippen molar-refractivity contribution in [1.82, 2.24) is 15.5 Å². The highest BCUT2D eigenvalue weighted by Gasteiger charge is 2.35. The summed E-state index contributed by atoms with van der Waals surface area (Å²) in [5, 5.41) is 10.9. The number of halogens is 1. The van der Waals surface area contributed by atoms with Crippen LogP contribution in [0.3, 0.4) is 0 Å². The topological polar surface area (TPSA) is 90.5 Å². The summed E-state index contributed by atoms with van der Waals surface area (Å²) in [7, 11) is 0. The smallest absolute Gasteiger partial charge is 0.319 e. The molecule has 2 aromatic rings. The van der Waals surface area contributed by atoms with Crippen molar-refractivity contribution in [2.24, 2.45) is 0 Å². The van der Waals surface area contributed by atoms with E-state index in [0.29, 0.717) is 43.2 Å². The zero-order chi connectivity index (χ0) is 21.4. The van der Waals surface area contributed by atoms with Crippen molar-refractivity contribution >= 4 is 46.5 Å². The molecule has 4 rings (SSSR count). The van der Waals surface area contributed by atoms with Gasteiger partial charge in [-0.15, -0.1) is 11.3 Å². The molecule has 30 heavy (non-hydrogen) atoms. The minimum absolute atomic E-state index is 0.203. The zero-order valence-electron chi connectivity index (χ0n) is 16.8. The van der Waals surface area contributed by atoms with Crippen molar-refractivity contribution in [1.29, 1.82) is 0 Å². The number of piperidine rings is 1. The van der Waals surface area contributed by atoms with Crippen LogP contribution in [0, 0.1) is 13.8 Å². The van der Waals surface area contributed by atoms with Crippen LogP contribution in [0.4, 0.5) is 10.5 Å². The Morgan fingerprint density at radius 2 is 2.07 bits per heavy atom. The third-order valence-electron chi connectivity index (χ3n) is 5.62. The lowest BCUT2D eigenvalue weighted by molar-refractivity contribution is -0.137. The number of benzene rings is 1. The predicted octanol–water partition coefficient (Wildman–Crippen LogP) is 3.46. The fourth-order valence-electron chi connectivity index (χ4n) is 3.95. The van der Waals surface area contributed by atoms with Crippen LogP contribution in [-0.2, 0) is 29.2 Å². The molecular formula is C21H23ClN4O3S. The standard InChI is InChI=1S/C21H23ClN4O3S/c1-11-5-12(2)16(6-15(11)22)24-21(29)23-7-18-14-9-26(8-13(14)10-30-18)17-3-4-19(27)25-20(17)28/h5-6,10,17H,3-4,7-9H2,1-2H3,(H2,23,24,29)(H,25,27,28). The van der Waals surface area contributed by atoms with Crippen molar-refractivity contribution in [2.45, 2.75) is 52.4 Å². The molecule has 1 aromatic heterocycles. The molecule has 4 amide bonds. The number of urea groups is 1. The molecule has 1 unspecified atom stereocenters. The molecule has 1 aromatic carbocycles. The van der Waals surface area contributed by atoms with Crippen molar-refractivity contribution < 1.29 is 14.4 Å². The van der Waals surface area contributed by atoms with Crippen LogP contribution in [0.25, 0.3) is 0 Å². The van der Waals surface area contributed by atoms with E-state index in [9.17, 15) is 14.4 Å². The number of hydrogen-bond donors (Lipinski definition) is 3. The van der Waals surface area contributed by atoms with E-state index in [4.69, 9.17) is 11.6 Å². The molecule has 1 fully saturated rings. The van der Waals surface area contributed by atoms with E-state index in [1.165, 1.54) is 11.1 Å². The van der Waals surface area contributed by atoms with Gasteiger partial charge in [0.2, 0.25) is 11.8 Å². The summed E-state index contributed by atoms with van der Waals surface area (Å²) >= 11 is 7.78. The lowest BCUT2D eigenvalue weighted by Crippen LogP contribution is -2.50. The molecule has 9 heteroatoms. The lowest BCUT2D eigenvalue weighted by atomic mass is 10.0. The first-order valence-corrected chi connectivity index (χ1v) is 11.0. The van der Waals surface area contributed by atoms with Gasteiger partial charge in [0.05, 0.1) is 12.6 Å². The van der Waals surface area contributed by atoms with Gasteiger partial charge in [0.15, 0.2) is 0 Å². The van der Waals surface area contributed by atoms with Gasteiger partial charge in [-0.3, -0.25) is 19.8 Å². The van der Waals surface area contributed by atoms with E-state index < -0.39 is 0 Å². The van der Waals surface area contributed by atoms with Crippen molar-refractivity contribution in [3.8, 4) is 0 Å². The maximum Gasteiger partial charge on any atom is 0.319 e. The average molecular weight is 447 g/mol. The molecule has 2 aliphatic heterocycles. The van der Waals surface area contributed by atoms with E-state index in [2.05, 4.69) is 26.2 Å². The summed E-state index contributed by atoms with van der Waals surface area (Å²) in [6, 6.07) is 3.12. The minimum atomic E-state index is -0.291. The largest absolute Gasteiger partial charge is 0.333 e. The van der Waals surface area contributed by atoms with Gasteiger partial charge in [-0.1, -0.05) is 17.7 Å². The molecule has 0 radical (unpaired) electrons. The molecular weight excluding hydrogens is 424 g/mol. The number of anilines is 1. The Morgan fingerprint density at radius 3 is 2.83 bits per heavy atom. The highest BCUT2D eigenvalue weighted by molar-refractivity contribution is 7.10. The van der Waals surface area contributed by atoms with Gasteiger partial charge < -0.3 is 10.6 Å². The summed E-state index contributed by atoms with van der Waals surface area (Å²) in [4.78, 5) is 39.1. The van der Waals surface area contributed by atoms with Crippen LogP contribution in [-0.4, -0.2) is 28.8 Å². The van der Waals surface area contributed by atoms with Gasteiger partial charge in [-0.05, 0) is 54.0 Å². The Balaban J connectivity index is 1.36. The number of amides is 4. The average Bonchev–Trinajstić information content (AvgIpc) is 3.25. The monoisotopic (exact) mass is 446 g/mol. The van der Waals surface area contributed by atoms with E-state index in [-0.39, 0.29) is 23.9 Å². The molecule has 1 saturated heterocycles. The third kappa shape index (κ3) is 4.21. The number of imide groups is 1. The Kier molecular flexibility index (Phi) is 5.81. The second-order valence-electron chi connectivity index (χ2n) is 7.76. The van der Waals surface area contributed by atoms with Crippen LogP contribution in [0.1, 0.15) is 40.0 Å². The van der Waals surface area contributed by atoms with Crippen molar-refractivity contribution in [2.75, 3.05) is 5.32 Å². The van der Waals surface area contributed by atoms with Crippen molar-refractivity contribution in [3.05, 3.63) is 49.7 Å². The number of carbonyl (C=O) groups excluding carboxylic acids is 3. The lowest BCUT2D eigenvalue weighted by Gasteiger charge is -2.29. The molecule has 2 aliphatic rings. The fraction of sp³-hybridized carbons (Fsp3) is 0.381. The molecule has 0 aliphatic carbocycles. The van der Waals surface area contributed by atoms with Gasteiger partial charge in [-0.2, -0.15) is 0 Å². The van der Waals surface area contributed by atoms with Gasteiger partial charge in [0.25, 0.3) is 0 Å². The summed E-state index contributed by atoms with van der Waals surface area (Å²) in [5.41, 5.74) is 4.95. The van der Waals surface area contributed by atoms with E-state index in [1.807, 2.05) is 19.9 Å². The Labute approximate surface area is 183 Å². The van der Waals surface area contributed by atoms with Gasteiger partial charge in [-0.25, -0.2) is 4.79 Å². The summed E-state index contributed by atoms with van der Waals surface area (Å²) in [6.07, 6.45) is 0.920. The minimum Gasteiger partial charge on any atom is -0.333 e.